The molecule has 140 valence electrons. The quantitative estimate of drug-likeness (QED) is 0.886. The van der Waals surface area contributed by atoms with Gasteiger partial charge in [-0.05, 0) is 37.7 Å². The Kier molecular flexibility index (Phi) is 5.34. The fourth-order valence-electron chi connectivity index (χ4n) is 3.83. The molecule has 0 aliphatic carbocycles. The summed E-state index contributed by atoms with van der Waals surface area (Å²) in [4.78, 5) is 16.0. The monoisotopic (exact) mass is 356 g/mol. The minimum Gasteiger partial charge on any atom is -0.379 e. The summed E-state index contributed by atoms with van der Waals surface area (Å²) in [5, 5.41) is 3.49. The SMILES string of the molecule is Cn1ccnc1CC1CCN(c2nccc(NC3CCCOC3)n2)CC1. The minimum atomic E-state index is 0.357. The van der Waals surface area contributed by atoms with E-state index in [4.69, 9.17) is 9.72 Å². The van der Waals surface area contributed by atoms with Gasteiger partial charge in [0.15, 0.2) is 0 Å². The molecule has 1 N–H and O–H groups in total. The van der Waals surface area contributed by atoms with Crippen LogP contribution in [0.15, 0.2) is 24.7 Å². The number of piperidine rings is 1. The Balaban J connectivity index is 1.32. The molecule has 26 heavy (non-hydrogen) atoms. The summed E-state index contributed by atoms with van der Waals surface area (Å²) in [5.41, 5.74) is 0. The molecule has 4 heterocycles. The first kappa shape index (κ1) is 17.3. The van der Waals surface area contributed by atoms with Gasteiger partial charge in [0.05, 0.1) is 12.6 Å². The maximum absolute atomic E-state index is 5.54. The van der Waals surface area contributed by atoms with E-state index >= 15 is 0 Å². The molecule has 1 unspecified atom stereocenters. The summed E-state index contributed by atoms with van der Waals surface area (Å²) < 4.78 is 7.67. The molecule has 0 bridgehead atoms. The molecule has 7 nitrogen and oxygen atoms in total. The second kappa shape index (κ2) is 8.03. The zero-order valence-electron chi connectivity index (χ0n) is 15.5. The molecule has 2 aliphatic rings. The van der Waals surface area contributed by atoms with Crippen molar-refractivity contribution in [2.75, 3.05) is 36.5 Å². The van der Waals surface area contributed by atoms with Gasteiger partial charge in [-0.2, -0.15) is 4.98 Å². The summed E-state index contributed by atoms with van der Waals surface area (Å²) in [7, 11) is 2.07. The summed E-state index contributed by atoms with van der Waals surface area (Å²) >= 11 is 0. The molecular formula is C19H28N6O. The van der Waals surface area contributed by atoms with Crippen LogP contribution in [-0.2, 0) is 18.2 Å². The second-order valence-corrected chi connectivity index (χ2v) is 7.39. The average molecular weight is 356 g/mol. The van der Waals surface area contributed by atoms with Gasteiger partial charge < -0.3 is 19.5 Å². The molecule has 2 aromatic rings. The highest BCUT2D eigenvalue weighted by molar-refractivity contribution is 5.42. The van der Waals surface area contributed by atoms with Gasteiger partial charge in [-0.25, -0.2) is 9.97 Å². The summed E-state index contributed by atoms with van der Waals surface area (Å²) in [6.07, 6.45) is 11.4. The van der Waals surface area contributed by atoms with Crippen LogP contribution >= 0.6 is 0 Å². The molecule has 2 fully saturated rings. The molecular weight excluding hydrogens is 328 g/mol. The molecule has 0 spiro atoms. The van der Waals surface area contributed by atoms with E-state index in [1.165, 1.54) is 5.82 Å². The predicted octanol–water partition coefficient (Wildman–Crippen LogP) is 2.26. The van der Waals surface area contributed by atoms with Crippen LogP contribution in [0.25, 0.3) is 0 Å². The Morgan fingerprint density at radius 3 is 2.81 bits per heavy atom. The van der Waals surface area contributed by atoms with Crippen molar-refractivity contribution in [3.8, 4) is 0 Å². The van der Waals surface area contributed by atoms with Gasteiger partial charge in [-0.1, -0.05) is 0 Å². The first-order chi connectivity index (χ1) is 12.8. The van der Waals surface area contributed by atoms with Crippen LogP contribution in [0.4, 0.5) is 11.8 Å². The summed E-state index contributed by atoms with van der Waals surface area (Å²) in [5.74, 6) is 3.61. The van der Waals surface area contributed by atoms with Crippen LogP contribution in [0.5, 0.6) is 0 Å². The third-order valence-corrected chi connectivity index (χ3v) is 5.44. The van der Waals surface area contributed by atoms with E-state index in [9.17, 15) is 0 Å². The van der Waals surface area contributed by atoms with Gasteiger partial charge in [-0.15, -0.1) is 0 Å². The van der Waals surface area contributed by atoms with Crippen LogP contribution < -0.4 is 10.2 Å². The average Bonchev–Trinajstić information content (AvgIpc) is 3.08. The van der Waals surface area contributed by atoms with Gasteiger partial charge >= 0.3 is 0 Å². The second-order valence-electron chi connectivity index (χ2n) is 7.39. The lowest BCUT2D eigenvalue weighted by molar-refractivity contribution is 0.0875. The van der Waals surface area contributed by atoms with Crippen LogP contribution in [0.3, 0.4) is 0 Å². The molecule has 2 aromatic heterocycles. The Morgan fingerprint density at radius 2 is 2.08 bits per heavy atom. The van der Waals surface area contributed by atoms with Crippen LogP contribution in [0.1, 0.15) is 31.5 Å². The fourth-order valence-corrected chi connectivity index (χ4v) is 3.83. The number of hydrogen-bond donors (Lipinski definition) is 1. The van der Waals surface area contributed by atoms with Crippen molar-refractivity contribution in [1.29, 1.82) is 0 Å². The van der Waals surface area contributed by atoms with E-state index in [0.29, 0.717) is 12.0 Å². The zero-order chi connectivity index (χ0) is 17.8. The zero-order valence-corrected chi connectivity index (χ0v) is 15.5. The number of hydrogen-bond acceptors (Lipinski definition) is 6. The van der Waals surface area contributed by atoms with Gasteiger partial charge in [-0.3, -0.25) is 0 Å². The molecule has 0 amide bonds. The molecule has 4 rings (SSSR count). The Hall–Kier alpha value is -2.15. The third-order valence-electron chi connectivity index (χ3n) is 5.44. The molecule has 0 saturated carbocycles. The van der Waals surface area contributed by atoms with E-state index in [0.717, 1.165) is 70.2 Å². The number of ether oxygens (including phenoxy) is 1. The van der Waals surface area contributed by atoms with Crippen molar-refractivity contribution >= 4 is 11.8 Å². The lowest BCUT2D eigenvalue weighted by Crippen LogP contribution is -2.36. The minimum absolute atomic E-state index is 0.357. The van der Waals surface area contributed by atoms with Crippen LogP contribution in [0.2, 0.25) is 0 Å². The number of rotatable bonds is 5. The van der Waals surface area contributed by atoms with Crippen molar-refractivity contribution in [1.82, 2.24) is 19.5 Å². The lowest BCUT2D eigenvalue weighted by atomic mass is 9.93. The maximum atomic E-state index is 5.54. The number of nitrogens with one attached hydrogen (secondary N) is 1. The van der Waals surface area contributed by atoms with Crippen LogP contribution in [-0.4, -0.2) is 51.9 Å². The van der Waals surface area contributed by atoms with E-state index in [1.54, 1.807) is 0 Å². The van der Waals surface area contributed by atoms with E-state index in [-0.39, 0.29) is 0 Å². The largest absolute Gasteiger partial charge is 0.379 e. The van der Waals surface area contributed by atoms with Gasteiger partial charge in [0.1, 0.15) is 11.6 Å². The molecule has 0 aromatic carbocycles. The van der Waals surface area contributed by atoms with E-state index < -0.39 is 0 Å². The van der Waals surface area contributed by atoms with Gasteiger partial charge in [0.25, 0.3) is 0 Å². The first-order valence-electron chi connectivity index (χ1n) is 9.66. The van der Waals surface area contributed by atoms with E-state index in [1.807, 2.05) is 24.7 Å². The Labute approximate surface area is 154 Å². The molecule has 1 atom stereocenters. The number of anilines is 2. The molecule has 2 saturated heterocycles. The topological polar surface area (TPSA) is 68.1 Å². The summed E-state index contributed by atoms with van der Waals surface area (Å²) in [6, 6.07) is 2.31. The van der Waals surface area contributed by atoms with Crippen molar-refractivity contribution in [3.05, 3.63) is 30.5 Å². The highest BCUT2D eigenvalue weighted by Crippen LogP contribution is 2.24. The van der Waals surface area contributed by atoms with E-state index in [2.05, 4.69) is 31.8 Å². The highest BCUT2D eigenvalue weighted by Gasteiger charge is 2.23. The number of nitrogens with zero attached hydrogens (tertiary/aromatic N) is 5. The maximum Gasteiger partial charge on any atom is 0.227 e. The normalized spacial score (nSPS) is 21.7. The first-order valence-corrected chi connectivity index (χ1v) is 9.66. The number of aryl methyl sites for hydroxylation is 1. The van der Waals surface area contributed by atoms with Crippen LogP contribution in [0, 0.1) is 5.92 Å². The van der Waals surface area contributed by atoms with Gasteiger partial charge in [0, 0.05) is 51.8 Å². The fraction of sp³-hybridized carbons (Fsp3) is 0.632. The van der Waals surface area contributed by atoms with Crippen molar-refractivity contribution in [3.63, 3.8) is 0 Å². The third kappa shape index (κ3) is 4.15. The number of imidazole rings is 1. The molecule has 2 aliphatic heterocycles. The predicted molar refractivity (Wildman–Crippen MR) is 101 cm³/mol. The number of aromatic nitrogens is 4. The van der Waals surface area contributed by atoms with Crippen molar-refractivity contribution < 1.29 is 4.74 Å². The standard InChI is InChI=1S/C19H28N6O/c1-24-11-8-20-18(24)13-15-5-9-25(10-6-15)19-21-7-4-17(23-19)22-16-3-2-12-26-14-16/h4,7-8,11,15-16H,2-3,5-6,9-10,12-14H2,1H3,(H,21,22,23). The van der Waals surface area contributed by atoms with Crippen molar-refractivity contribution in [2.45, 2.75) is 38.1 Å². The van der Waals surface area contributed by atoms with Crippen molar-refractivity contribution in [2.24, 2.45) is 13.0 Å². The highest BCUT2D eigenvalue weighted by atomic mass is 16.5. The lowest BCUT2D eigenvalue weighted by Gasteiger charge is -2.32. The molecule has 0 radical (unpaired) electrons. The molecule has 7 heteroatoms. The summed E-state index contributed by atoms with van der Waals surface area (Å²) in [6.45, 7) is 3.65. The Bertz CT molecular complexity index is 704. The smallest absolute Gasteiger partial charge is 0.227 e. The van der Waals surface area contributed by atoms with Gasteiger partial charge in [0.2, 0.25) is 5.95 Å². The Morgan fingerprint density at radius 1 is 1.19 bits per heavy atom.